The predicted octanol–water partition coefficient (Wildman–Crippen LogP) is 4.99. The molecule has 0 saturated carbocycles. The van der Waals surface area contributed by atoms with Gasteiger partial charge in [-0.1, -0.05) is 24.3 Å². The van der Waals surface area contributed by atoms with Gasteiger partial charge in [0.15, 0.2) is 0 Å². The van der Waals surface area contributed by atoms with Crippen molar-refractivity contribution in [3.05, 3.63) is 87.4 Å². The van der Waals surface area contributed by atoms with E-state index < -0.39 is 0 Å². The second-order valence-corrected chi connectivity index (χ2v) is 9.39. The maximum absolute atomic E-state index is 12.7. The van der Waals surface area contributed by atoms with Crippen LogP contribution in [0.4, 0.5) is 0 Å². The fourth-order valence-corrected chi connectivity index (χ4v) is 4.45. The zero-order valence-electron chi connectivity index (χ0n) is 19.3. The molecule has 0 radical (unpaired) electrons. The zero-order chi connectivity index (χ0) is 23.8. The smallest absolute Gasteiger partial charge is 0.253 e. The molecule has 4 rings (SSSR count). The summed E-state index contributed by atoms with van der Waals surface area (Å²) in [5, 5.41) is 5.89. The van der Waals surface area contributed by atoms with Crippen molar-refractivity contribution in [3.8, 4) is 5.75 Å². The number of thiazole rings is 1. The van der Waals surface area contributed by atoms with Gasteiger partial charge in [-0.2, -0.15) is 0 Å². The number of amides is 2. The Labute approximate surface area is 204 Å². The van der Waals surface area contributed by atoms with E-state index in [2.05, 4.69) is 10.3 Å². The number of likely N-dealkylation sites (tertiary alicyclic amines) is 1. The van der Waals surface area contributed by atoms with Gasteiger partial charge in [0, 0.05) is 36.7 Å². The number of rotatable bonds is 8. The first-order valence-electron chi connectivity index (χ1n) is 11.5. The van der Waals surface area contributed by atoms with Crippen molar-refractivity contribution in [2.24, 2.45) is 0 Å². The molecule has 7 heteroatoms. The van der Waals surface area contributed by atoms with Crippen molar-refractivity contribution in [2.75, 3.05) is 13.1 Å². The van der Waals surface area contributed by atoms with Crippen molar-refractivity contribution in [1.29, 1.82) is 0 Å². The summed E-state index contributed by atoms with van der Waals surface area (Å²) in [6, 6.07) is 15.1. The van der Waals surface area contributed by atoms with Crippen LogP contribution in [-0.4, -0.2) is 34.8 Å². The molecule has 34 heavy (non-hydrogen) atoms. The molecule has 1 aliphatic rings. The lowest BCUT2D eigenvalue weighted by molar-refractivity contribution is -0.116. The van der Waals surface area contributed by atoms with E-state index in [4.69, 9.17) is 4.74 Å². The minimum Gasteiger partial charge on any atom is -0.487 e. The van der Waals surface area contributed by atoms with Crippen molar-refractivity contribution >= 4 is 29.2 Å². The Balaban J connectivity index is 1.28. The number of aromatic nitrogens is 1. The molecule has 1 aromatic heterocycles. The Morgan fingerprint density at radius 1 is 1.12 bits per heavy atom. The normalized spacial score (nSPS) is 13.7. The predicted molar refractivity (Wildman–Crippen MR) is 135 cm³/mol. The SMILES string of the molecule is Cc1nc(COc2cccc(/C=C/C(=O)NCc3cccc(C(=O)N4CCCCC4)c3)c2)cs1. The lowest BCUT2D eigenvalue weighted by atomic mass is 10.1. The molecule has 0 spiro atoms. The maximum Gasteiger partial charge on any atom is 0.253 e. The van der Waals surface area contributed by atoms with Crippen LogP contribution in [0.3, 0.4) is 0 Å². The van der Waals surface area contributed by atoms with E-state index in [-0.39, 0.29) is 11.8 Å². The number of aryl methyl sites for hydroxylation is 1. The highest BCUT2D eigenvalue weighted by Crippen LogP contribution is 2.17. The lowest BCUT2D eigenvalue weighted by Gasteiger charge is -2.26. The van der Waals surface area contributed by atoms with Crippen LogP contribution in [0.15, 0.2) is 60.0 Å². The first-order chi connectivity index (χ1) is 16.6. The number of benzene rings is 2. The topological polar surface area (TPSA) is 71.5 Å². The molecule has 6 nitrogen and oxygen atoms in total. The monoisotopic (exact) mass is 475 g/mol. The minimum absolute atomic E-state index is 0.0692. The van der Waals surface area contributed by atoms with E-state index in [1.165, 1.54) is 12.5 Å². The third-order valence-electron chi connectivity index (χ3n) is 5.62. The third-order valence-corrected chi connectivity index (χ3v) is 6.44. The van der Waals surface area contributed by atoms with Crippen molar-refractivity contribution < 1.29 is 14.3 Å². The molecule has 2 aromatic carbocycles. The van der Waals surface area contributed by atoms with Crippen LogP contribution in [0, 0.1) is 6.92 Å². The van der Waals surface area contributed by atoms with Gasteiger partial charge in [-0.15, -0.1) is 11.3 Å². The van der Waals surface area contributed by atoms with Gasteiger partial charge in [-0.3, -0.25) is 9.59 Å². The van der Waals surface area contributed by atoms with Crippen LogP contribution in [0.1, 0.15) is 51.4 Å². The highest BCUT2D eigenvalue weighted by Gasteiger charge is 2.18. The van der Waals surface area contributed by atoms with Gasteiger partial charge in [0.05, 0.1) is 10.7 Å². The van der Waals surface area contributed by atoms with E-state index in [9.17, 15) is 9.59 Å². The molecular formula is C27H29N3O3S. The average molecular weight is 476 g/mol. The molecule has 1 fully saturated rings. The molecule has 1 N–H and O–H groups in total. The van der Waals surface area contributed by atoms with Gasteiger partial charge in [0.1, 0.15) is 12.4 Å². The van der Waals surface area contributed by atoms with Gasteiger partial charge in [-0.05, 0) is 67.7 Å². The molecule has 0 bridgehead atoms. The average Bonchev–Trinajstić information content (AvgIpc) is 3.30. The number of ether oxygens (including phenoxy) is 1. The first kappa shape index (κ1) is 23.7. The summed E-state index contributed by atoms with van der Waals surface area (Å²) in [5.41, 5.74) is 3.35. The standard InChI is InChI=1S/C27H29N3O3S/c1-20-29-24(19-34-20)18-33-25-10-6-7-21(16-25)11-12-26(31)28-17-22-8-5-9-23(15-22)27(32)30-13-3-2-4-14-30/h5-12,15-16,19H,2-4,13-14,17-18H2,1H3,(H,28,31)/b12-11+. The zero-order valence-corrected chi connectivity index (χ0v) is 20.1. The summed E-state index contributed by atoms with van der Waals surface area (Å²) in [6.07, 6.45) is 6.58. The fourth-order valence-electron chi connectivity index (χ4n) is 3.85. The molecule has 176 valence electrons. The Kier molecular flexibility index (Phi) is 8.09. The van der Waals surface area contributed by atoms with Crippen LogP contribution in [0.5, 0.6) is 5.75 Å². The van der Waals surface area contributed by atoms with E-state index >= 15 is 0 Å². The first-order valence-corrected chi connectivity index (χ1v) is 12.4. The quantitative estimate of drug-likeness (QED) is 0.466. The summed E-state index contributed by atoms with van der Waals surface area (Å²) in [7, 11) is 0. The van der Waals surface area contributed by atoms with E-state index in [1.54, 1.807) is 17.4 Å². The van der Waals surface area contributed by atoms with Gasteiger partial charge in [0.25, 0.3) is 5.91 Å². The van der Waals surface area contributed by atoms with Crippen molar-refractivity contribution in [3.63, 3.8) is 0 Å². The van der Waals surface area contributed by atoms with E-state index in [0.29, 0.717) is 18.7 Å². The Morgan fingerprint density at radius 2 is 1.94 bits per heavy atom. The summed E-state index contributed by atoms with van der Waals surface area (Å²) in [6.45, 7) is 4.39. The highest BCUT2D eigenvalue weighted by molar-refractivity contribution is 7.09. The number of nitrogens with one attached hydrogen (secondary N) is 1. The van der Waals surface area contributed by atoms with Crippen LogP contribution in [0.2, 0.25) is 0 Å². The molecule has 0 atom stereocenters. The second-order valence-electron chi connectivity index (χ2n) is 8.32. The highest BCUT2D eigenvalue weighted by atomic mass is 32.1. The van der Waals surface area contributed by atoms with Crippen molar-refractivity contribution in [2.45, 2.75) is 39.3 Å². The van der Waals surface area contributed by atoms with Crippen LogP contribution in [0.25, 0.3) is 6.08 Å². The summed E-state index contributed by atoms with van der Waals surface area (Å²) < 4.78 is 5.81. The van der Waals surface area contributed by atoms with Crippen LogP contribution in [-0.2, 0) is 17.9 Å². The minimum atomic E-state index is -0.197. The van der Waals surface area contributed by atoms with Gasteiger partial charge in [0.2, 0.25) is 5.91 Å². The van der Waals surface area contributed by atoms with E-state index in [1.807, 2.05) is 65.7 Å². The molecule has 2 heterocycles. The molecule has 1 aliphatic heterocycles. The Morgan fingerprint density at radius 3 is 2.74 bits per heavy atom. The largest absolute Gasteiger partial charge is 0.487 e. The molecule has 2 amide bonds. The molecule has 0 aliphatic carbocycles. The Bertz CT molecular complexity index is 1170. The maximum atomic E-state index is 12.7. The van der Waals surface area contributed by atoms with Gasteiger partial charge >= 0.3 is 0 Å². The summed E-state index contributed by atoms with van der Waals surface area (Å²) in [4.78, 5) is 31.4. The van der Waals surface area contributed by atoms with Crippen molar-refractivity contribution in [1.82, 2.24) is 15.2 Å². The van der Waals surface area contributed by atoms with Gasteiger partial charge in [-0.25, -0.2) is 4.98 Å². The second kappa shape index (κ2) is 11.6. The number of nitrogens with zero attached hydrogens (tertiary/aromatic N) is 2. The number of carbonyl (C=O) groups is 2. The summed E-state index contributed by atoms with van der Waals surface area (Å²) in [5.74, 6) is 0.597. The molecule has 1 saturated heterocycles. The molecular weight excluding hydrogens is 446 g/mol. The molecule has 3 aromatic rings. The third kappa shape index (κ3) is 6.78. The Hall–Kier alpha value is -3.45. The van der Waals surface area contributed by atoms with Gasteiger partial charge < -0.3 is 15.0 Å². The van der Waals surface area contributed by atoms with E-state index in [0.717, 1.165) is 53.5 Å². The fraction of sp³-hybridized carbons (Fsp3) is 0.296. The number of piperidine rings is 1. The lowest BCUT2D eigenvalue weighted by Crippen LogP contribution is -2.35. The molecule has 0 unspecified atom stereocenters. The van der Waals surface area contributed by atoms with Crippen LogP contribution < -0.4 is 10.1 Å². The number of hydrogen-bond donors (Lipinski definition) is 1. The summed E-state index contributed by atoms with van der Waals surface area (Å²) >= 11 is 1.60. The number of carbonyl (C=O) groups excluding carboxylic acids is 2. The van der Waals surface area contributed by atoms with Crippen LogP contribution >= 0.6 is 11.3 Å². The number of hydrogen-bond acceptors (Lipinski definition) is 5.